The number of nitrogens with zero attached hydrogens (tertiary/aromatic N) is 1. The molecule has 1 aromatic carbocycles. The Morgan fingerprint density at radius 3 is 2.85 bits per heavy atom. The molecule has 20 heavy (non-hydrogen) atoms. The van der Waals surface area contributed by atoms with E-state index >= 15 is 0 Å². The first-order valence-corrected chi connectivity index (χ1v) is 6.98. The van der Waals surface area contributed by atoms with Crippen LogP contribution in [0.2, 0.25) is 0 Å². The van der Waals surface area contributed by atoms with Crippen molar-refractivity contribution in [2.75, 3.05) is 32.8 Å². The molecule has 5 heteroatoms. The zero-order valence-electron chi connectivity index (χ0n) is 11.8. The van der Waals surface area contributed by atoms with E-state index in [2.05, 4.69) is 5.32 Å². The van der Waals surface area contributed by atoms with Gasteiger partial charge in [-0.05, 0) is 30.2 Å². The number of hydrogen-bond acceptors (Lipinski definition) is 3. The summed E-state index contributed by atoms with van der Waals surface area (Å²) in [5.41, 5.74) is 1.99. The molecule has 1 fully saturated rings. The topological polar surface area (TPSA) is 41.6 Å². The van der Waals surface area contributed by atoms with Gasteiger partial charge in [-0.3, -0.25) is 4.79 Å². The Kier molecular flexibility index (Phi) is 5.49. The van der Waals surface area contributed by atoms with E-state index in [-0.39, 0.29) is 11.7 Å². The molecule has 110 valence electrons. The van der Waals surface area contributed by atoms with E-state index in [0.717, 1.165) is 11.1 Å². The third-order valence-electron chi connectivity index (χ3n) is 3.50. The molecular formula is C15H21FN2O2. The van der Waals surface area contributed by atoms with Crippen LogP contribution in [-0.4, -0.2) is 43.7 Å². The van der Waals surface area contributed by atoms with E-state index in [1.165, 1.54) is 12.1 Å². The first-order chi connectivity index (χ1) is 9.66. The standard InChI is InChI=1S/C15H21FN2O2/c1-12-10-14(16)3-2-13(12)11-17-5-4-15(19)18-6-8-20-9-7-18/h2-3,10,17H,4-9,11H2,1H3. The summed E-state index contributed by atoms with van der Waals surface area (Å²) in [6, 6.07) is 4.76. The van der Waals surface area contributed by atoms with Crippen LogP contribution in [0.15, 0.2) is 18.2 Å². The first kappa shape index (κ1) is 14.9. The van der Waals surface area contributed by atoms with Crippen molar-refractivity contribution in [3.8, 4) is 0 Å². The molecule has 0 aromatic heterocycles. The van der Waals surface area contributed by atoms with Gasteiger partial charge >= 0.3 is 0 Å². The molecule has 0 unspecified atom stereocenters. The number of benzene rings is 1. The number of aryl methyl sites for hydroxylation is 1. The van der Waals surface area contributed by atoms with Crippen LogP contribution in [0.3, 0.4) is 0 Å². The number of carbonyl (C=O) groups is 1. The van der Waals surface area contributed by atoms with E-state index < -0.39 is 0 Å². The summed E-state index contributed by atoms with van der Waals surface area (Å²) < 4.78 is 18.2. The van der Waals surface area contributed by atoms with Gasteiger partial charge in [-0.1, -0.05) is 6.07 Å². The predicted octanol–water partition coefficient (Wildman–Crippen LogP) is 1.47. The third kappa shape index (κ3) is 4.28. The minimum atomic E-state index is -0.214. The smallest absolute Gasteiger partial charge is 0.224 e. The first-order valence-electron chi connectivity index (χ1n) is 6.98. The molecule has 1 aromatic rings. The third-order valence-corrected chi connectivity index (χ3v) is 3.50. The lowest BCUT2D eigenvalue weighted by Gasteiger charge is -2.26. The van der Waals surface area contributed by atoms with E-state index in [1.807, 2.05) is 11.8 Å². The summed E-state index contributed by atoms with van der Waals surface area (Å²) in [5.74, 6) is -0.0506. The Hall–Kier alpha value is -1.46. The average molecular weight is 280 g/mol. The number of ether oxygens (including phenoxy) is 1. The number of nitrogens with one attached hydrogen (secondary N) is 1. The van der Waals surface area contributed by atoms with Crippen molar-refractivity contribution in [2.45, 2.75) is 19.9 Å². The summed E-state index contributed by atoms with van der Waals surface area (Å²) >= 11 is 0. The molecule has 1 aliphatic heterocycles. The lowest BCUT2D eigenvalue weighted by atomic mass is 10.1. The zero-order chi connectivity index (χ0) is 14.4. The second-order valence-electron chi connectivity index (χ2n) is 4.99. The molecule has 1 saturated heterocycles. The Bertz CT molecular complexity index is 459. The van der Waals surface area contributed by atoms with E-state index in [9.17, 15) is 9.18 Å². The van der Waals surface area contributed by atoms with Gasteiger partial charge in [0.15, 0.2) is 0 Å². The molecule has 0 spiro atoms. The van der Waals surface area contributed by atoms with E-state index in [1.54, 1.807) is 6.07 Å². The van der Waals surface area contributed by atoms with Crippen LogP contribution < -0.4 is 5.32 Å². The highest BCUT2D eigenvalue weighted by molar-refractivity contribution is 5.76. The molecule has 1 aliphatic rings. The highest BCUT2D eigenvalue weighted by Gasteiger charge is 2.15. The van der Waals surface area contributed by atoms with Gasteiger partial charge in [0.1, 0.15) is 5.82 Å². The molecule has 1 N–H and O–H groups in total. The lowest BCUT2D eigenvalue weighted by Crippen LogP contribution is -2.41. The normalized spacial score (nSPS) is 15.4. The van der Waals surface area contributed by atoms with Crippen LogP contribution >= 0.6 is 0 Å². The van der Waals surface area contributed by atoms with Crippen molar-refractivity contribution in [1.82, 2.24) is 10.2 Å². The number of amides is 1. The summed E-state index contributed by atoms with van der Waals surface area (Å²) in [6.07, 6.45) is 0.486. The van der Waals surface area contributed by atoms with Crippen LogP contribution in [0.1, 0.15) is 17.5 Å². The van der Waals surface area contributed by atoms with Gasteiger partial charge in [-0.25, -0.2) is 4.39 Å². The van der Waals surface area contributed by atoms with Crippen molar-refractivity contribution in [3.05, 3.63) is 35.1 Å². The minimum Gasteiger partial charge on any atom is -0.378 e. The monoisotopic (exact) mass is 280 g/mol. The Labute approximate surface area is 118 Å². The quantitative estimate of drug-likeness (QED) is 0.831. The molecule has 1 amide bonds. The van der Waals surface area contributed by atoms with Gasteiger partial charge in [0.2, 0.25) is 5.91 Å². The number of rotatable bonds is 5. The second-order valence-corrected chi connectivity index (χ2v) is 4.99. The Morgan fingerprint density at radius 1 is 1.40 bits per heavy atom. The van der Waals surface area contributed by atoms with Crippen LogP contribution in [0.5, 0.6) is 0 Å². The van der Waals surface area contributed by atoms with Gasteiger partial charge in [0.05, 0.1) is 13.2 Å². The minimum absolute atomic E-state index is 0.164. The number of hydrogen-bond donors (Lipinski definition) is 1. The summed E-state index contributed by atoms with van der Waals surface area (Å²) in [5, 5.41) is 3.23. The van der Waals surface area contributed by atoms with Gasteiger partial charge < -0.3 is 15.0 Å². The molecule has 2 rings (SSSR count). The number of halogens is 1. The van der Waals surface area contributed by atoms with Crippen molar-refractivity contribution < 1.29 is 13.9 Å². The van der Waals surface area contributed by atoms with Crippen LogP contribution in [0.25, 0.3) is 0 Å². The van der Waals surface area contributed by atoms with Crippen LogP contribution in [0.4, 0.5) is 4.39 Å². The van der Waals surface area contributed by atoms with Crippen LogP contribution in [0, 0.1) is 12.7 Å². The maximum absolute atomic E-state index is 13.0. The maximum atomic E-state index is 13.0. The summed E-state index contributed by atoms with van der Waals surface area (Å²) in [4.78, 5) is 13.7. The van der Waals surface area contributed by atoms with Crippen molar-refractivity contribution in [3.63, 3.8) is 0 Å². The van der Waals surface area contributed by atoms with Crippen molar-refractivity contribution in [2.24, 2.45) is 0 Å². The maximum Gasteiger partial charge on any atom is 0.224 e. The van der Waals surface area contributed by atoms with Crippen molar-refractivity contribution in [1.29, 1.82) is 0 Å². The summed E-state index contributed by atoms with van der Waals surface area (Å²) in [7, 11) is 0. The van der Waals surface area contributed by atoms with E-state index in [4.69, 9.17) is 4.74 Å². The van der Waals surface area contributed by atoms with Crippen molar-refractivity contribution >= 4 is 5.91 Å². The lowest BCUT2D eigenvalue weighted by molar-refractivity contribution is -0.135. The van der Waals surface area contributed by atoms with Crippen LogP contribution in [-0.2, 0) is 16.1 Å². The average Bonchev–Trinajstić information content (AvgIpc) is 2.46. The molecule has 4 nitrogen and oxygen atoms in total. The number of morpholine rings is 1. The Morgan fingerprint density at radius 2 is 2.15 bits per heavy atom. The molecule has 1 heterocycles. The SMILES string of the molecule is Cc1cc(F)ccc1CNCCC(=O)N1CCOCC1. The van der Waals surface area contributed by atoms with Gasteiger partial charge in [-0.15, -0.1) is 0 Å². The Balaban J connectivity index is 1.69. The molecule has 0 aliphatic carbocycles. The molecule has 0 bridgehead atoms. The largest absolute Gasteiger partial charge is 0.378 e. The van der Waals surface area contributed by atoms with Gasteiger partial charge in [-0.2, -0.15) is 0 Å². The molecular weight excluding hydrogens is 259 g/mol. The fraction of sp³-hybridized carbons (Fsp3) is 0.533. The van der Waals surface area contributed by atoms with Gasteiger partial charge in [0.25, 0.3) is 0 Å². The van der Waals surface area contributed by atoms with E-state index in [0.29, 0.717) is 45.8 Å². The molecule has 0 saturated carbocycles. The highest BCUT2D eigenvalue weighted by Crippen LogP contribution is 2.09. The summed E-state index contributed by atoms with van der Waals surface area (Å²) in [6.45, 7) is 5.82. The predicted molar refractivity (Wildman–Crippen MR) is 74.9 cm³/mol. The zero-order valence-corrected chi connectivity index (χ0v) is 11.8. The fourth-order valence-electron chi connectivity index (χ4n) is 2.25. The van der Waals surface area contributed by atoms with Gasteiger partial charge in [0, 0.05) is 32.6 Å². The highest BCUT2D eigenvalue weighted by atomic mass is 19.1. The molecule has 0 radical (unpaired) electrons. The number of carbonyl (C=O) groups excluding carboxylic acids is 1. The second kappa shape index (κ2) is 7.36. The molecule has 0 atom stereocenters. The fourth-order valence-corrected chi connectivity index (χ4v) is 2.25.